The molecule has 0 fully saturated rings. The summed E-state index contributed by atoms with van der Waals surface area (Å²) < 4.78 is 4.99. The third-order valence-corrected chi connectivity index (χ3v) is 2.48. The highest BCUT2D eigenvalue weighted by Crippen LogP contribution is 2.18. The normalized spacial score (nSPS) is 12.9. The highest BCUT2D eigenvalue weighted by atomic mass is 32.1. The first kappa shape index (κ1) is 13.4. The van der Waals surface area contributed by atoms with Crippen LogP contribution in [0.25, 0.3) is 0 Å². The number of rotatable bonds is 3. The molecule has 94 valence electrons. The third-order valence-electron chi connectivity index (χ3n) is 1.64. The molecular weight excluding hydrogens is 244 g/mol. The summed E-state index contributed by atoms with van der Waals surface area (Å²) in [7, 11) is 0. The van der Waals surface area contributed by atoms with Gasteiger partial charge in [0.05, 0.1) is 10.4 Å². The van der Waals surface area contributed by atoms with Gasteiger partial charge in [0, 0.05) is 6.20 Å². The lowest BCUT2D eigenvalue weighted by molar-refractivity contribution is -0.139. The number of hydrogen-bond donors (Lipinski definition) is 2. The number of carbonyl (C=O) groups is 2. The quantitative estimate of drug-likeness (QED) is 0.862. The molecule has 1 unspecified atom stereocenters. The van der Waals surface area contributed by atoms with Gasteiger partial charge in [-0.05, 0) is 20.8 Å². The van der Waals surface area contributed by atoms with Crippen molar-refractivity contribution in [2.24, 2.45) is 0 Å². The monoisotopic (exact) mass is 258 g/mol. The van der Waals surface area contributed by atoms with Crippen LogP contribution in [0.4, 0.5) is 4.79 Å². The largest absolute Gasteiger partial charge is 0.479 e. The van der Waals surface area contributed by atoms with E-state index in [9.17, 15) is 9.59 Å². The van der Waals surface area contributed by atoms with Gasteiger partial charge in [-0.2, -0.15) is 0 Å². The molecule has 6 nitrogen and oxygen atoms in total. The highest BCUT2D eigenvalue weighted by molar-refractivity contribution is 7.09. The number of hydrogen-bond acceptors (Lipinski definition) is 5. The number of aromatic nitrogens is 1. The zero-order valence-electron chi connectivity index (χ0n) is 9.76. The zero-order chi connectivity index (χ0) is 13.1. The lowest BCUT2D eigenvalue weighted by Crippen LogP contribution is -2.37. The number of nitrogens with one attached hydrogen (secondary N) is 1. The predicted molar refractivity (Wildman–Crippen MR) is 61.9 cm³/mol. The number of thiazole rings is 1. The van der Waals surface area contributed by atoms with Crippen LogP contribution in [0.3, 0.4) is 0 Å². The molecule has 0 aromatic carbocycles. The fourth-order valence-electron chi connectivity index (χ4n) is 1.05. The maximum atomic E-state index is 11.5. The third kappa shape index (κ3) is 4.39. The molecule has 0 saturated heterocycles. The van der Waals surface area contributed by atoms with Crippen molar-refractivity contribution in [2.45, 2.75) is 32.4 Å². The van der Waals surface area contributed by atoms with Gasteiger partial charge >= 0.3 is 12.1 Å². The van der Waals surface area contributed by atoms with Crippen molar-refractivity contribution in [1.82, 2.24) is 10.3 Å². The van der Waals surface area contributed by atoms with E-state index in [0.29, 0.717) is 4.88 Å². The number of ether oxygens (including phenoxy) is 1. The van der Waals surface area contributed by atoms with Crippen LogP contribution >= 0.6 is 11.3 Å². The zero-order valence-corrected chi connectivity index (χ0v) is 10.6. The summed E-state index contributed by atoms with van der Waals surface area (Å²) in [5.74, 6) is -1.15. The van der Waals surface area contributed by atoms with E-state index in [1.807, 2.05) is 0 Å². The molecule has 0 aliphatic rings. The molecular formula is C10H14N2O4S. The first-order chi connectivity index (χ1) is 7.79. The molecule has 0 spiro atoms. The van der Waals surface area contributed by atoms with Gasteiger partial charge in [-0.1, -0.05) is 0 Å². The van der Waals surface area contributed by atoms with E-state index in [2.05, 4.69) is 10.3 Å². The van der Waals surface area contributed by atoms with E-state index in [-0.39, 0.29) is 0 Å². The van der Waals surface area contributed by atoms with Crippen molar-refractivity contribution < 1.29 is 19.4 Å². The van der Waals surface area contributed by atoms with Gasteiger partial charge in [0.15, 0.2) is 6.04 Å². The number of carbonyl (C=O) groups excluding carboxylic acids is 1. The molecule has 0 saturated carbocycles. The van der Waals surface area contributed by atoms with Gasteiger partial charge in [-0.15, -0.1) is 11.3 Å². The first-order valence-corrected chi connectivity index (χ1v) is 5.78. The second kappa shape index (κ2) is 5.13. The lowest BCUT2D eigenvalue weighted by Gasteiger charge is -2.21. The Balaban J connectivity index is 2.69. The minimum Gasteiger partial charge on any atom is -0.479 e. The van der Waals surface area contributed by atoms with Crippen molar-refractivity contribution in [2.75, 3.05) is 0 Å². The van der Waals surface area contributed by atoms with Gasteiger partial charge in [0.2, 0.25) is 0 Å². The summed E-state index contributed by atoms with van der Waals surface area (Å²) in [6.45, 7) is 5.11. The molecule has 0 aliphatic heterocycles. The molecule has 0 aliphatic carbocycles. The molecule has 17 heavy (non-hydrogen) atoms. The predicted octanol–water partition coefficient (Wildman–Crippen LogP) is 1.79. The van der Waals surface area contributed by atoms with Crippen molar-refractivity contribution >= 4 is 23.4 Å². The van der Waals surface area contributed by atoms with Crippen LogP contribution in [0.2, 0.25) is 0 Å². The van der Waals surface area contributed by atoms with Crippen molar-refractivity contribution in [3.8, 4) is 0 Å². The molecule has 0 radical (unpaired) electrons. The average Bonchev–Trinajstić information content (AvgIpc) is 2.63. The summed E-state index contributed by atoms with van der Waals surface area (Å²) >= 11 is 1.16. The summed E-state index contributed by atoms with van der Waals surface area (Å²) in [5, 5.41) is 11.3. The number of nitrogens with zero attached hydrogens (tertiary/aromatic N) is 1. The van der Waals surface area contributed by atoms with Crippen molar-refractivity contribution in [1.29, 1.82) is 0 Å². The van der Waals surface area contributed by atoms with E-state index in [1.54, 1.807) is 20.8 Å². The van der Waals surface area contributed by atoms with Gasteiger partial charge in [-0.25, -0.2) is 9.59 Å². The molecule has 0 bridgehead atoms. The Kier molecular flexibility index (Phi) is 4.06. The SMILES string of the molecule is CC(C)(C)OC(=O)NC(C(=O)O)c1cncs1. The van der Waals surface area contributed by atoms with Crippen molar-refractivity contribution in [3.63, 3.8) is 0 Å². The molecule has 7 heteroatoms. The average molecular weight is 258 g/mol. The van der Waals surface area contributed by atoms with Crippen LogP contribution in [0.15, 0.2) is 11.7 Å². The van der Waals surface area contributed by atoms with Gasteiger partial charge in [0.25, 0.3) is 0 Å². The van der Waals surface area contributed by atoms with E-state index in [4.69, 9.17) is 9.84 Å². The Morgan fingerprint density at radius 1 is 1.53 bits per heavy atom. The second-order valence-corrected chi connectivity index (χ2v) is 5.24. The number of carboxylic acids is 1. The Hall–Kier alpha value is -1.63. The minimum atomic E-state index is -1.15. The van der Waals surface area contributed by atoms with Gasteiger partial charge < -0.3 is 15.2 Å². The molecule has 1 amide bonds. The van der Waals surface area contributed by atoms with E-state index < -0.39 is 23.7 Å². The van der Waals surface area contributed by atoms with Crippen LogP contribution in [-0.4, -0.2) is 27.8 Å². The topological polar surface area (TPSA) is 88.5 Å². The summed E-state index contributed by atoms with van der Waals surface area (Å²) in [5.41, 5.74) is 0.836. The molecule has 2 N–H and O–H groups in total. The van der Waals surface area contributed by atoms with Gasteiger partial charge in [-0.3, -0.25) is 4.98 Å². The maximum absolute atomic E-state index is 11.5. The smallest absolute Gasteiger partial charge is 0.408 e. The van der Waals surface area contributed by atoms with Crippen LogP contribution in [0.5, 0.6) is 0 Å². The van der Waals surface area contributed by atoms with Crippen LogP contribution < -0.4 is 5.32 Å². The second-order valence-electron chi connectivity index (χ2n) is 4.32. The summed E-state index contributed by atoms with van der Waals surface area (Å²) in [6, 6.07) is -1.13. The number of carboxylic acid groups (broad SMARTS) is 1. The Labute approximate surface area is 103 Å². The summed E-state index contributed by atoms with van der Waals surface area (Å²) in [6.07, 6.45) is 0.638. The number of amides is 1. The lowest BCUT2D eigenvalue weighted by atomic mass is 10.2. The molecule has 1 heterocycles. The van der Waals surface area contributed by atoms with E-state index in [1.165, 1.54) is 11.7 Å². The minimum absolute atomic E-state index is 0.448. The summed E-state index contributed by atoms with van der Waals surface area (Å²) in [4.78, 5) is 26.7. The van der Waals surface area contributed by atoms with Crippen molar-refractivity contribution in [3.05, 3.63) is 16.6 Å². The van der Waals surface area contributed by atoms with Crippen LogP contribution in [0.1, 0.15) is 31.7 Å². The van der Waals surface area contributed by atoms with Crippen LogP contribution in [0, 0.1) is 0 Å². The Morgan fingerprint density at radius 2 is 2.18 bits per heavy atom. The maximum Gasteiger partial charge on any atom is 0.408 e. The molecule has 1 aromatic heterocycles. The Bertz CT molecular complexity index is 397. The van der Waals surface area contributed by atoms with E-state index in [0.717, 1.165) is 11.3 Å². The fraction of sp³-hybridized carbons (Fsp3) is 0.500. The standard InChI is InChI=1S/C10H14N2O4S/c1-10(2,3)16-9(15)12-7(8(13)14)6-4-11-5-17-6/h4-5,7H,1-3H3,(H,12,15)(H,13,14). The fourth-order valence-corrected chi connectivity index (χ4v) is 1.71. The number of alkyl carbamates (subject to hydrolysis) is 1. The van der Waals surface area contributed by atoms with E-state index >= 15 is 0 Å². The molecule has 1 rings (SSSR count). The molecule has 1 atom stereocenters. The Morgan fingerprint density at radius 3 is 2.59 bits per heavy atom. The van der Waals surface area contributed by atoms with Gasteiger partial charge in [0.1, 0.15) is 5.60 Å². The molecule has 1 aromatic rings. The highest BCUT2D eigenvalue weighted by Gasteiger charge is 2.26. The van der Waals surface area contributed by atoms with Crippen LogP contribution in [-0.2, 0) is 9.53 Å². The first-order valence-electron chi connectivity index (χ1n) is 4.90. The number of aliphatic carboxylic acids is 1.